The molecule has 1 unspecified atom stereocenters. The highest BCUT2D eigenvalue weighted by atomic mass is 19.1. The van der Waals surface area contributed by atoms with Crippen LogP contribution in [0.4, 0.5) is 4.39 Å². The molecule has 1 atom stereocenters. The molecule has 7 heteroatoms. The monoisotopic (exact) mass is 351 g/mol. The Hall–Kier alpha value is -2.31. The number of benzene rings is 1. The Morgan fingerprint density at radius 2 is 2.32 bits per heavy atom. The largest absolute Gasteiger partial charge is 0.492 e. The highest BCUT2D eigenvalue weighted by Crippen LogP contribution is 2.18. The number of hydrogen-bond acceptors (Lipinski definition) is 4. The van der Waals surface area contributed by atoms with E-state index in [-0.39, 0.29) is 17.7 Å². The molecule has 1 heterocycles. The Balaban J connectivity index is 1.78. The third-order valence-electron chi connectivity index (χ3n) is 4.00. The summed E-state index contributed by atoms with van der Waals surface area (Å²) in [6.45, 7) is 4.59. The molecule has 138 valence electrons. The number of guanidine groups is 1. The Kier molecular flexibility index (Phi) is 7.50. The van der Waals surface area contributed by atoms with E-state index in [4.69, 9.17) is 9.47 Å². The van der Waals surface area contributed by atoms with Crippen LogP contribution in [0.1, 0.15) is 19.8 Å². The van der Waals surface area contributed by atoms with E-state index < -0.39 is 0 Å². The second-order valence-electron chi connectivity index (χ2n) is 5.82. The molecule has 1 N–H and O–H groups in total. The maximum absolute atomic E-state index is 13.1. The van der Waals surface area contributed by atoms with Gasteiger partial charge in [0.2, 0.25) is 0 Å². The van der Waals surface area contributed by atoms with Crippen molar-refractivity contribution in [3.05, 3.63) is 30.1 Å². The molecule has 1 fully saturated rings. The van der Waals surface area contributed by atoms with Crippen LogP contribution < -0.4 is 10.1 Å². The van der Waals surface area contributed by atoms with Gasteiger partial charge in [-0.25, -0.2) is 4.39 Å². The van der Waals surface area contributed by atoms with Crippen LogP contribution in [0.3, 0.4) is 0 Å². The zero-order valence-electron chi connectivity index (χ0n) is 14.8. The first kappa shape index (κ1) is 19.0. The first-order valence-electron chi connectivity index (χ1n) is 8.64. The summed E-state index contributed by atoms with van der Waals surface area (Å²) in [6, 6.07) is 6.05. The van der Waals surface area contributed by atoms with Crippen LogP contribution in [-0.4, -0.2) is 56.7 Å². The summed E-state index contributed by atoms with van der Waals surface area (Å²) in [5.41, 5.74) is 0. The molecule has 1 aromatic rings. The summed E-state index contributed by atoms with van der Waals surface area (Å²) in [5, 5.41) is 3.22. The van der Waals surface area contributed by atoms with E-state index in [1.165, 1.54) is 12.1 Å². The highest BCUT2D eigenvalue weighted by Gasteiger charge is 2.28. The fourth-order valence-electron chi connectivity index (χ4n) is 2.84. The van der Waals surface area contributed by atoms with Gasteiger partial charge in [0.05, 0.1) is 19.1 Å². The summed E-state index contributed by atoms with van der Waals surface area (Å²) in [6.07, 6.45) is 1.76. The fourth-order valence-corrected chi connectivity index (χ4v) is 2.84. The molecule has 1 aliphatic rings. The molecule has 2 rings (SSSR count). The van der Waals surface area contributed by atoms with Crippen molar-refractivity contribution < 1.29 is 18.7 Å². The lowest BCUT2D eigenvalue weighted by Gasteiger charge is -2.33. The Bertz CT molecular complexity index is 595. The van der Waals surface area contributed by atoms with Crippen molar-refractivity contribution in [1.82, 2.24) is 10.2 Å². The number of nitrogens with one attached hydrogen (secondary N) is 1. The Morgan fingerprint density at radius 3 is 3.04 bits per heavy atom. The van der Waals surface area contributed by atoms with E-state index in [9.17, 15) is 9.18 Å². The summed E-state index contributed by atoms with van der Waals surface area (Å²) < 4.78 is 23.7. The second-order valence-corrected chi connectivity index (χ2v) is 5.82. The van der Waals surface area contributed by atoms with Gasteiger partial charge in [0.25, 0.3) is 0 Å². The molecular formula is C18H26FN3O3. The normalized spacial score (nSPS) is 18.0. The number of carbonyl (C=O) groups excluding carboxylic acids is 1. The zero-order chi connectivity index (χ0) is 18.1. The van der Waals surface area contributed by atoms with Crippen LogP contribution in [0.15, 0.2) is 29.3 Å². The number of likely N-dealkylation sites (tertiary alicyclic amines) is 1. The Labute approximate surface area is 148 Å². The van der Waals surface area contributed by atoms with Gasteiger partial charge >= 0.3 is 5.97 Å². The number of ether oxygens (including phenoxy) is 2. The Morgan fingerprint density at radius 1 is 1.48 bits per heavy atom. The van der Waals surface area contributed by atoms with Crippen LogP contribution in [0.2, 0.25) is 0 Å². The topological polar surface area (TPSA) is 63.2 Å². The molecule has 25 heavy (non-hydrogen) atoms. The van der Waals surface area contributed by atoms with Crippen LogP contribution in [0.25, 0.3) is 0 Å². The lowest BCUT2D eigenvalue weighted by Crippen LogP contribution is -2.49. The fraction of sp³-hybridized carbons (Fsp3) is 0.556. The van der Waals surface area contributed by atoms with Gasteiger partial charge in [-0.15, -0.1) is 0 Å². The van der Waals surface area contributed by atoms with Gasteiger partial charge < -0.3 is 19.7 Å². The molecule has 0 radical (unpaired) electrons. The molecule has 0 aliphatic carbocycles. The molecule has 0 amide bonds. The van der Waals surface area contributed by atoms with Crippen molar-refractivity contribution in [3.8, 4) is 5.75 Å². The highest BCUT2D eigenvalue weighted by molar-refractivity contribution is 5.81. The maximum Gasteiger partial charge on any atom is 0.310 e. The van der Waals surface area contributed by atoms with Crippen LogP contribution in [0, 0.1) is 11.7 Å². The quantitative estimate of drug-likeness (QED) is 0.368. The number of aliphatic imine (C=N–C) groups is 1. The van der Waals surface area contributed by atoms with Crippen LogP contribution in [0.5, 0.6) is 5.75 Å². The molecule has 1 aliphatic heterocycles. The number of esters is 1. The van der Waals surface area contributed by atoms with E-state index in [0.29, 0.717) is 32.1 Å². The molecule has 0 aromatic heterocycles. The molecule has 1 aromatic carbocycles. The minimum Gasteiger partial charge on any atom is -0.492 e. The van der Waals surface area contributed by atoms with E-state index in [2.05, 4.69) is 15.2 Å². The van der Waals surface area contributed by atoms with Gasteiger partial charge in [0.1, 0.15) is 18.2 Å². The second kappa shape index (κ2) is 9.86. The van der Waals surface area contributed by atoms with Crippen molar-refractivity contribution in [2.24, 2.45) is 10.9 Å². The molecule has 0 bridgehead atoms. The van der Waals surface area contributed by atoms with E-state index in [1.54, 1.807) is 19.2 Å². The van der Waals surface area contributed by atoms with Crippen LogP contribution in [-0.2, 0) is 9.53 Å². The third-order valence-corrected chi connectivity index (χ3v) is 4.00. The molecule has 1 saturated heterocycles. The predicted molar refractivity (Wildman–Crippen MR) is 94.2 cm³/mol. The summed E-state index contributed by atoms with van der Waals surface area (Å²) in [7, 11) is 1.71. The number of piperidine rings is 1. The lowest BCUT2D eigenvalue weighted by atomic mass is 9.98. The molecule has 0 saturated carbocycles. The molecular weight excluding hydrogens is 325 g/mol. The van der Waals surface area contributed by atoms with E-state index in [0.717, 1.165) is 25.3 Å². The van der Waals surface area contributed by atoms with Crippen molar-refractivity contribution in [2.75, 3.05) is 39.9 Å². The average molecular weight is 351 g/mol. The lowest BCUT2D eigenvalue weighted by molar-refractivity contribution is -0.149. The third kappa shape index (κ3) is 5.92. The SMILES string of the molecule is CCOC(=O)C1CCCN(C(=NC)NCCOc2cccc(F)c2)C1. The minimum atomic E-state index is -0.320. The van der Waals surface area contributed by atoms with Crippen molar-refractivity contribution >= 4 is 11.9 Å². The minimum absolute atomic E-state index is 0.115. The first-order chi connectivity index (χ1) is 12.1. The maximum atomic E-state index is 13.1. The average Bonchev–Trinajstić information content (AvgIpc) is 2.62. The van der Waals surface area contributed by atoms with Gasteiger partial charge in [-0.2, -0.15) is 0 Å². The van der Waals surface area contributed by atoms with E-state index >= 15 is 0 Å². The number of carbonyl (C=O) groups is 1. The van der Waals surface area contributed by atoms with Crippen molar-refractivity contribution in [3.63, 3.8) is 0 Å². The molecule has 0 spiro atoms. The van der Waals surface area contributed by atoms with E-state index in [1.807, 2.05) is 6.92 Å². The molecule has 6 nitrogen and oxygen atoms in total. The summed E-state index contributed by atoms with van der Waals surface area (Å²) in [4.78, 5) is 18.3. The summed E-state index contributed by atoms with van der Waals surface area (Å²) in [5.74, 6) is 0.654. The number of hydrogen-bond donors (Lipinski definition) is 1. The van der Waals surface area contributed by atoms with Crippen LogP contribution >= 0.6 is 0 Å². The van der Waals surface area contributed by atoms with Crippen molar-refractivity contribution in [1.29, 1.82) is 0 Å². The van der Waals surface area contributed by atoms with Gasteiger partial charge in [-0.3, -0.25) is 9.79 Å². The van der Waals surface area contributed by atoms with Gasteiger partial charge in [0.15, 0.2) is 5.96 Å². The number of nitrogens with zero attached hydrogens (tertiary/aromatic N) is 2. The summed E-state index contributed by atoms with van der Waals surface area (Å²) >= 11 is 0. The standard InChI is InChI=1S/C18H26FN3O3/c1-3-24-17(23)14-6-5-10-22(13-14)18(20-2)21-9-11-25-16-8-4-7-15(19)12-16/h4,7-8,12,14H,3,5-6,9-11,13H2,1-2H3,(H,20,21). The van der Waals surface area contributed by atoms with Gasteiger partial charge in [0, 0.05) is 26.2 Å². The predicted octanol–water partition coefficient (Wildman–Crippen LogP) is 2.05. The van der Waals surface area contributed by atoms with Crippen molar-refractivity contribution in [2.45, 2.75) is 19.8 Å². The van der Waals surface area contributed by atoms with Gasteiger partial charge in [-0.05, 0) is 31.9 Å². The first-order valence-corrected chi connectivity index (χ1v) is 8.64. The zero-order valence-corrected chi connectivity index (χ0v) is 14.8. The number of rotatable bonds is 6. The number of halogens is 1. The van der Waals surface area contributed by atoms with Gasteiger partial charge in [-0.1, -0.05) is 6.07 Å². The smallest absolute Gasteiger partial charge is 0.310 e.